The van der Waals surface area contributed by atoms with E-state index in [1.54, 1.807) is 0 Å². The van der Waals surface area contributed by atoms with E-state index in [0.717, 1.165) is 13.8 Å². The monoisotopic (exact) mass is 282 g/mol. The molecule has 0 aliphatic carbocycles. The number of hydrogen-bond donors (Lipinski definition) is 2. The first-order valence-corrected chi connectivity index (χ1v) is 4.90. The van der Waals surface area contributed by atoms with Crippen LogP contribution in [0.2, 0.25) is 0 Å². The van der Waals surface area contributed by atoms with E-state index in [1.807, 2.05) is 0 Å². The molecule has 0 spiro atoms. The fourth-order valence-electron chi connectivity index (χ4n) is 2.05. The van der Waals surface area contributed by atoms with Crippen LogP contribution in [0.1, 0.15) is 26.7 Å². The van der Waals surface area contributed by atoms with E-state index in [1.165, 1.54) is 0 Å². The van der Waals surface area contributed by atoms with E-state index in [0.29, 0.717) is 0 Å². The van der Waals surface area contributed by atoms with Gasteiger partial charge in [-0.15, -0.1) is 0 Å². The standard InChI is InChI=1S/C9H12F6O3/c1-5(2)3-6(16,8(10,11)12)4-7(17,18-5)9(13,14)15/h16-17H,3-4H2,1-2H3. The first-order valence-electron chi connectivity index (χ1n) is 4.90. The lowest BCUT2D eigenvalue weighted by Crippen LogP contribution is -2.66. The molecule has 0 bridgehead atoms. The number of aliphatic hydroxyl groups is 2. The van der Waals surface area contributed by atoms with Crippen molar-refractivity contribution in [1.82, 2.24) is 0 Å². The molecule has 2 atom stereocenters. The summed E-state index contributed by atoms with van der Waals surface area (Å²) in [6, 6.07) is 0. The minimum absolute atomic E-state index is 0.930. The van der Waals surface area contributed by atoms with Crippen molar-refractivity contribution in [3.05, 3.63) is 0 Å². The maximum atomic E-state index is 12.6. The molecule has 0 radical (unpaired) electrons. The highest BCUT2D eigenvalue weighted by Gasteiger charge is 2.70. The molecule has 9 heteroatoms. The minimum Gasteiger partial charge on any atom is -0.380 e. The fourth-order valence-corrected chi connectivity index (χ4v) is 2.05. The Bertz CT molecular complexity index is 306. The zero-order chi connectivity index (χ0) is 14.6. The summed E-state index contributed by atoms with van der Waals surface area (Å²) in [4.78, 5) is 0. The molecule has 18 heavy (non-hydrogen) atoms. The first-order chi connectivity index (χ1) is 7.62. The van der Waals surface area contributed by atoms with Crippen LogP contribution in [0.3, 0.4) is 0 Å². The van der Waals surface area contributed by atoms with Gasteiger partial charge < -0.3 is 14.9 Å². The molecule has 0 aromatic heterocycles. The second-order valence-electron chi connectivity index (χ2n) is 5.03. The van der Waals surface area contributed by atoms with Gasteiger partial charge in [-0.25, -0.2) is 0 Å². The first kappa shape index (κ1) is 15.5. The van der Waals surface area contributed by atoms with Gasteiger partial charge in [0.25, 0.3) is 5.79 Å². The van der Waals surface area contributed by atoms with Crippen molar-refractivity contribution in [3.8, 4) is 0 Å². The highest BCUT2D eigenvalue weighted by Crippen LogP contribution is 2.52. The highest BCUT2D eigenvalue weighted by atomic mass is 19.4. The number of alkyl halides is 6. The van der Waals surface area contributed by atoms with Crippen LogP contribution >= 0.6 is 0 Å². The predicted molar refractivity (Wildman–Crippen MR) is 46.4 cm³/mol. The third-order valence-corrected chi connectivity index (χ3v) is 2.67. The molecule has 1 fully saturated rings. The van der Waals surface area contributed by atoms with E-state index in [2.05, 4.69) is 4.74 Å². The highest BCUT2D eigenvalue weighted by molar-refractivity contribution is 5.03. The summed E-state index contributed by atoms with van der Waals surface area (Å²) in [6.07, 6.45) is -13.8. The van der Waals surface area contributed by atoms with Crippen molar-refractivity contribution in [2.45, 2.75) is 56.0 Å². The molecular formula is C9H12F6O3. The van der Waals surface area contributed by atoms with Crippen molar-refractivity contribution in [1.29, 1.82) is 0 Å². The van der Waals surface area contributed by atoms with E-state index in [9.17, 15) is 36.6 Å². The number of rotatable bonds is 0. The third-order valence-electron chi connectivity index (χ3n) is 2.67. The zero-order valence-electron chi connectivity index (χ0n) is 9.48. The molecule has 0 aromatic carbocycles. The molecule has 0 saturated carbocycles. The average molecular weight is 282 g/mol. The number of hydrogen-bond acceptors (Lipinski definition) is 3. The van der Waals surface area contributed by atoms with Crippen molar-refractivity contribution in [2.75, 3.05) is 0 Å². The molecule has 3 nitrogen and oxygen atoms in total. The summed E-state index contributed by atoms with van der Waals surface area (Å²) < 4.78 is 79.8. The summed E-state index contributed by atoms with van der Waals surface area (Å²) in [5.74, 6) is -4.03. The molecule has 1 saturated heterocycles. The molecule has 2 unspecified atom stereocenters. The van der Waals surface area contributed by atoms with Crippen molar-refractivity contribution in [3.63, 3.8) is 0 Å². The van der Waals surface area contributed by atoms with Gasteiger partial charge in [0.05, 0.1) is 5.60 Å². The lowest BCUT2D eigenvalue weighted by molar-refractivity contribution is -0.440. The van der Waals surface area contributed by atoms with Crippen LogP contribution in [0, 0.1) is 0 Å². The smallest absolute Gasteiger partial charge is 0.380 e. The Balaban J connectivity index is 3.23. The molecular weight excluding hydrogens is 270 g/mol. The Morgan fingerprint density at radius 2 is 1.33 bits per heavy atom. The quantitative estimate of drug-likeness (QED) is 0.669. The van der Waals surface area contributed by atoms with Crippen LogP contribution < -0.4 is 0 Å². The predicted octanol–water partition coefficient (Wildman–Crippen LogP) is 2.12. The topological polar surface area (TPSA) is 49.7 Å². The maximum absolute atomic E-state index is 12.6. The molecule has 0 aromatic rings. The largest absolute Gasteiger partial charge is 0.443 e. The molecule has 1 heterocycles. The zero-order valence-corrected chi connectivity index (χ0v) is 9.48. The molecule has 0 amide bonds. The number of halogens is 6. The normalized spacial score (nSPS) is 37.7. The van der Waals surface area contributed by atoms with Gasteiger partial charge in [0.1, 0.15) is 0 Å². The van der Waals surface area contributed by atoms with Gasteiger partial charge >= 0.3 is 12.4 Å². The molecule has 1 aliphatic rings. The molecule has 1 rings (SSSR count). The van der Waals surface area contributed by atoms with E-state index in [4.69, 9.17) is 0 Å². The average Bonchev–Trinajstić information content (AvgIpc) is 1.93. The van der Waals surface area contributed by atoms with Crippen molar-refractivity contribution < 1.29 is 41.3 Å². The number of ether oxygens (including phenoxy) is 1. The maximum Gasteiger partial charge on any atom is 0.443 e. The lowest BCUT2D eigenvalue weighted by Gasteiger charge is -2.49. The van der Waals surface area contributed by atoms with Crippen LogP contribution in [-0.2, 0) is 4.74 Å². The van der Waals surface area contributed by atoms with E-state index < -0.39 is 42.2 Å². The summed E-state index contributed by atoms with van der Waals surface area (Å²) in [7, 11) is 0. The summed E-state index contributed by atoms with van der Waals surface area (Å²) in [5, 5.41) is 18.6. The molecule has 2 N–H and O–H groups in total. The second kappa shape index (κ2) is 3.73. The van der Waals surface area contributed by atoms with Crippen LogP contribution in [0.5, 0.6) is 0 Å². The van der Waals surface area contributed by atoms with Gasteiger partial charge in [-0.1, -0.05) is 0 Å². The van der Waals surface area contributed by atoms with E-state index >= 15 is 0 Å². The summed E-state index contributed by atoms with van der Waals surface area (Å²) in [6.45, 7) is 1.86. The Hall–Kier alpha value is -0.540. The van der Waals surface area contributed by atoms with E-state index in [-0.39, 0.29) is 0 Å². The van der Waals surface area contributed by atoms with Gasteiger partial charge in [-0.3, -0.25) is 0 Å². The molecule has 1 aliphatic heterocycles. The fraction of sp³-hybridized carbons (Fsp3) is 1.00. The SMILES string of the molecule is CC1(C)CC(O)(C(F)(F)F)CC(O)(C(F)(F)F)O1. The van der Waals surface area contributed by atoms with Crippen LogP contribution in [0.15, 0.2) is 0 Å². The van der Waals surface area contributed by atoms with Gasteiger partial charge in [-0.05, 0) is 13.8 Å². The Morgan fingerprint density at radius 3 is 1.67 bits per heavy atom. The minimum atomic E-state index is -5.44. The summed E-state index contributed by atoms with van der Waals surface area (Å²) in [5.41, 5.74) is -5.63. The van der Waals surface area contributed by atoms with Crippen molar-refractivity contribution in [2.24, 2.45) is 0 Å². The third kappa shape index (κ3) is 2.57. The second-order valence-corrected chi connectivity index (χ2v) is 5.03. The summed E-state index contributed by atoms with van der Waals surface area (Å²) >= 11 is 0. The van der Waals surface area contributed by atoms with Gasteiger partial charge in [0.2, 0.25) is 0 Å². The van der Waals surface area contributed by atoms with Gasteiger partial charge in [0, 0.05) is 12.8 Å². The van der Waals surface area contributed by atoms with Gasteiger partial charge in [-0.2, -0.15) is 26.3 Å². The Morgan fingerprint density at radius 1 is 0.889 bits per heavy atom. The van der Waals surface area contributed by atoms with Gasteiger partial charge in [0.15, 0.2) is 5.60 Å². The van der Waals surface area contributed by atoms with Crippen molar-refractivity contribution >= 4 is 0 Å². The van der Waals surface area contributed by atoms with Crippen LogP contribution in [0.4, 0.5) is 26.3 Å². The van der Waals surface area contributed by atoms with Crippen LogP contribution in [0.25, 0.3) is 0 Å². The molecule has 108 valence electrons. The lowest BCUT2D eigenvalue weighted by atomic mass is 9.79. The van der Waals surface area contributed by atoms with Crippen LogP contribution in [-0.4, -0.2) is 39.6 Å². The Labute approximate surface area is 98.3 Å². The Kier molecular flexibility index (Phi) is 3.22.